The number of amides is 1. The molecule has 0 unspecified atom stereocenters. The highest BCUT2D eigenvalue weighted by molar-refractivity contribution is 5.95. The molecule has 1 aromatic carbocycles. The van der Waals surface area contributed by atoms with E-state index >= 15 is 0 Å². The van der Waals surface area contributed by atoms with Gasteiger partial charge in [-0.2, -0.15) is 0 Å². The van der Waals surface area contributed by atoms with E-state index in [2.05, 4.69) is 0 Å². The van der Waals surface area contributed by atoms with Gasteiger partial charge < -0.3 is 15.4 Å². The fraction of sp³-hybridized carbons (Fsp3) is 0.364. The van der Waals surface area contributed by atoms with Crippen LogP contribution in [0.5, 0.6) is 5.75 Å². The largest absolute Gasteiger partial charge is 0.490 e. The normalized spacial score (nSPS) is 14.3. The van der Waals surface area contributed by atoms with Crippen LogP contribution < -0.4 is 15.4 Å². The summed E-state index contributed by atoms with van der Waals surface area (Å²) in [6.45, 7) is 3.00. The van der Waals surface area contributed by atoms with Gasteiger partial charge in [-0.15, -0.1) is 0 Å². The number of hydrogen-bond donors (Lipinski definition) is 1. The van der Waals surface area contributed by atoms with Gasteiger partial charge >= 0.3 is 0 Å². The van der Waals surface area contributed by atoms with E-state index in [1.807, 2.05) is 6.92 Å². The lowest BCUT2D eigenvalue weighted by Crippen LogP contribution is -2.37. The minimum Gasteiger partial charge on any atom is -0.490 e. The number of nitrogens with zero attached hydrogens (tertiary/aromatic N) is 1. The summed E-state index contributed by atoms with van der Waals surface area (Å²) in [7, 11) is 0. The number of rotatable bonds is 1. The zero-order chi connectivity index (χ0) is 10.8. The van der Waals surface area contributed by atoms with Gasteiger partial charge in [-0.1, -0.05) is 6.92 Å². The molecule has 1 heterocycles. The van der Waals surface area contributed by atoms with Crippen LogP contribution in [0.4, 0.5) is 11.4 Å². The minimum atomic E-state index is 0.102. The maximum absolute atomic E-state index is 11.7. The fourth-order valence-corrected chi connectivity index (χ4v) is 1.68. The number of hydrogen-bond acceptors (Lipinski definition) is 3. The topological polar surface area (TPSA) is 55.6 Å². The van der Waals surface area contributed by atoms with Crippen molar-refractivity contribution in [2.75, 3.05) is 23.8 Å². The number of fused-ring (bicyclic) bond motifs is 1. The van der Waals surface area contributed by atoms with Crippen molar-refractivity contribution >= 4 is 17.3 Å². The van der Waals surface area contributed by atoms with E-state index in [0.29, 0.717) is 25.3 Å². The van der Waals surface area contributed by atoms with E-state index in [-0.39, 0.29) is 5.91 Å². The van der Waals surface area contributed by atoms with Crippen molar-refractivity contribution in [2.45, 2.75) is 13.3 Å². The second kappa shape index (κ2) is 3.81. The molecule has 15 heavy (non-hydrogen) atoms. The van der Waals surface area contributed by atoms with Crippen LogP contribution in [0, 0.1) is 0 Å². The number of benzene rings is 1. The van der Waals surface area contributed by atoms with E-state index in [0.717, 1.165) is 11.4 Å². The SMILES string of the molecule is CCC(=O)N1CCOc2ccc(N)cc21. The first-order valence-corrected chi connectivity index (χ1v) is 5.05. The van der Waals surface area contributed by atoms with Crippen molar-refractivity contribution in [1.82, 2.24) is 0 Å². The Morgan fingerprint density at radius 2 is 2.40 bits per heavy atom. The highest BCUT2D eigenvalue weighted by Crippen LogP contribution is 2.33. The van der Waals surface area contributed by atoms with Crippen LogP contribution in [0.15, 0.2) is 18.2 Å². The minimum absolute atomic E-state index is 0.102. The second-order valence-electron chi connectivity index (χ2n) is 3.47. The summed E-state index contributed by atoms with van der Waals surface area (Å²) in [6, 6.07) is 5.36. The average molecular weight is 206 g/mol. The lowest BCUT2D eigenvalue weighted by atomic mass is 10.2. The Balaban J connectivity index is 2.40. The van der Waals surface area contributed by atoms with Gasteiger partial charge in [0.15, 0.2) is 0 Å². The number of carbonyl (C=O) groups excluding carboxylic acids is 1. The predicted octanol–water partition coefficient (Wildman–Crippen LogP) is 1.40. The van der Waals surface area contributed by atoms with Gasteiger partial charge in [-0.05, 0) is 18.2 Å². The molecule has 0 radical (unpaired) electrons. The van der Waals surface area contributed by atoms with E-state index < -0.39 is 0 Å². The number of carbonyl (C=O) groups is 1. The summed E-state index contributed by atoms with van der Waals surface area (Å²) in [5.74, 6) is 0.836. The molecule has 0 aromatic heterocycles. The first-order valence-electron chi connectivity index (χ1n) is 5.05. The molecule has 0 bridgehead atoms. The number of ether oxygens (including phenoxy) is 1. The molecule has 2 N–H and O–H groups in total. The summed E-state index contributed by atoms with van der Waals surface area (Å²) in [6.07, 6.45) is 0.494. The lowest BCUT2D eigenvalue weighted by Gasteiger charge is -2.29. The standard InChI is InChI=1S/C11H14N2O2/c1-2-11(14)13-5-6-15-10-4-3-8(12)7-9(10)13/h3-4,7H,2,5-6,12H2,1H3. The highest BCUT2D eigenvalue weighted by atomic mass is 16.5. The molecular weight excluding hydrogens is 192 g/mol. The Morgan fingerprint density at radius 3 is 3.13 bits per heavy atom. The first kappa shape index (κ1) is 9.83. The molecule has 2 rings (SSSR count). The van der Waals surface area contributed by atoms with Gasteiger partial charge in [0, 0.05) is 12.1 Å². The van der Waals surface area contributed by atoms with Gasteiger partial charge in [-0.25, -0.2) is 0 Å². The van der Waals surface area contributed by atoms with Gasteiger partial charge in [-0.3, -0.25) is 4.79 Å². The van der Waals surface area contributed by atoms with Crippen LogP contribution in [0.25, 0.3) is 0 Å². The molecule has 1 aliphatic rings. The van der Waals surface area contributed by atoms with Crippen LogP contribution in [0.3, 0.4) is 0 Å². The predicted molar refractivity (Wildman–Crippen MR) is 59.0 cm³/mol. The van der Waals surface area contributed by atoms with Crippen LogP contribution in [-0.4, -0.2) is 19.1 Å². The highest BCUT2D eigenvalue weighted by Gasteiger charge is 2.22. The Kier molecular flexibility index (Phi) is 2.49. The summed E-state index contributed by atoms with van der Waals surface area (Å²) < 4.78 is 5.45. The summed E-state index contributed by atoms with van der Waals surface area (Å²) in [4.78, 5) is 13.4. The van der Waals surface area contributed by atoms with Crippen molar-refractivity contribution in [3.8, 4) is 5.75 Å². The van der Waals surface area contributed by atoms with Gasteiger partial charge in [0.2, 0.25) is 5.91 Å². The summed E-state index contributed by atoms with van der Waals surface area (Å²) in [5.41, 5.74) is 7.12. The molecule has 1 amide bonds. The monoisotopic (exact) mass is 206 g/mol. The molecule has 80 valence electrons. The Hall–Kier alpha value is -1.71. The quantitative estimate of drug-likeness (QED) is 0.707. The molecular formula is C11H14N2O2. The molecule has 4 heteroatoms. The Labute approximate surface area is 88.6 Å². The third-order valence-electron chi connectivity index (χ3n) is 2.45. The zero-order valence-electron chi connectivity index (χ0n) is 8.69. The average Bonchev–Trinajstić information content (AvgIpc) is 2.27. The summed E-state index contributed by atoms with van der Waals surface area (Å²) >= 11 is 0. The molecule has 0 fully saturated rings. The van der Waals surface area contributed by atoms with Crippen molar-refractivity contribution in [3.63, 3.8) is 0 Å². The van der Waals surface area contributed by atoms with Crippen LogP contribution >= 0.6 is 0 Å². The Morgan fingerprint density at radius 1 is 1.60 bits per heavy atom. The maximum Gasteiger partial charge on any atom is 0.226 e. The maximum atomic E-state index is 11.7. The number of nitrogen functional groups attached to an aromatic ring is 1. The van der Waals surface area contributed by atoms with Crippen molar-refractivity contribution in [1.29, 1.82) is 0 Å². The van der Waals surface area contributed by atoms with Crippen molar-refractivity contribution < 1.29 is 9.53 Å². The van der Waals surface area contributed by atoms with Crippen LogP contribution in [0.2, 0.25) is 0 Å². The van der Waals surface area contributed by atoms with Gasteiger partial charge in [0.1, 0.15) is 12.4 Å². The van der Waals surface area contributed by atoms with Crippen molar-refractivity contribution in [2.24, 2.45) is 0 Å². The van der Waals surface area contributed by atoms with E-state index in [9.17, 15) is 4.79 Å². The molecule has 4 nitrogen and oxygen atoms in total. The summed E-state index contributed by atoms with van der Waals surface area (Å²) in [5, 5.41) is 0. The molecule has 0 spiro atoms. The third kappa shape index (κ3) is 1.75. The van der Waals surface area contributed by atoms with Crippen LogP contribution in [0.1, 0.15) is 13.3 Å². The Bertz CT molecular complexity index is 390. The molecule has 1 aromatic rings. The van der Waals surface area contributed by atoms with E-state index in [1.165, 1.54) is 0 Å². The van der Waals surface area contributed by atoms with Crippen molar-refractivity contribution in [3.05, 3.63) is 18.2 Å². The number of anilines is 2. The third-order valence-corrected chi connectivity index (χ3v) is 2.45. The van der Waals surface area contributed by atoms with Gasteiger partial charge in [0.25, 0.3) is 0 Å². The fourth-order valence-electron chi connectivity index (χ4n) is 1.68. The molecule has 0 aliphatic carbocycles. The first-order chi connectivity index (χ1) is 7.22. The second-order valence-corrected chi connectivity index (χ2v) is 3.47. The van der Waals surface area contributed by atoms with Gasteiger partial charge in [0.05, 0.1) is 12.2 Å². The van der Waals surface area contributed by atoms with E-state index in [1.54, 1.807) is 23.1 Å². The molecule has 0 saturated heterocycles. The zero-order valence-corrected chi connectivity index (χ0v) is 8.69. The molecule has 0 saturated carbocycles. The lowest BCUT2D eigenvalue weighted by molar-refractivity contribution is -0.118. The smallest absolute Gasteiger partial charge is 0.226 e. The van der Waals surface area contributed by atoms with Crippen LogP contribution in [-0.2, 0) is 4.79 Å². The van der Waals surface area contributed by atoms with E-state index in [4.69, 9.17) is 10.5 Å². The molecule has 0 atom stereocenters. The molecule has 1 aliphatic heterocycles. The number of nitrogens with two attached hydrogens (primary N) is 1.